The van der Waals surface area contributed by atoms with Crippen molar-refractivity contribution >= 4 is 5.65 Å². The lowest BCUT2D eigenvalue weighted by molar-refractivity contribution is 0.856. The van der Waals surface area contributed by atoms with Gasteiger partial charge in [-0.1, -0.05) is 0 Å². The molecule has 0 aliphatic rings. The van der Waals surface area contributed by atoms with Crippen molar-refractivity contribution in [2.24, 2.45) is 0 Å². The molecule has 0 saturated heterocycles. The molecule has 13 heavy (non-hydrogen) atoms. The third-order valence-electron chi connectivity index (χ3n) is 2.50. The highest BCUT2D eigenvalue weighted by Gasteiger charge is 2.06. The van der Waals surface area contributed by atoms with Crippen LogP contribution in [0.15, 0.2) is 6.07 Å². The zero-order chi connectivity index (χ0) is 9.59. The molecule has 2 aromatic rings. The highest BCUT2D eigenvalue weighted by Crippen LogP contribution is 2.13. The first-order chi connectivity index (χ1) is 6.09. The molecule has 2 rings (SSSR count). The van der Waals surface area contributed by atoms with Crippen LogP contribution >= 0.6 is 0 Å². The molecule has 0 unspecified atom stereocenters. The van der Waals surface area contributed by atoms with Gasteiger partial charge >= 0.3 is 0 Å². The molecule has 2 aromatic heterocycles. The van der Waals surface area contributed by atoms with E-state index in [1.54, 1.807) is 0 Å². The predicted octanol–water partition coefficient (Wildman–Crippen LogP) is 1.96. The van der Waals surface area contributed by atoms with Crippen molar-refractivity contribution in [3.63, 3.8) is 0 Å². The summed E-state index contributed by atoms with van der Waals surface area (Å²) in [7, 11) is 0. The van der Waals surface area contributed by atoms with Crippen LogP contribution in [0, 0.1) is 27.7 Å². The molecule has 0 amide bonds. The molecule has 0 radical (unpaired) electrons. The van der Waals surface area contributed by atoms with Crippen LogP contribution in [-0.2, 0) is 0 Å². The molecule has 2 heterocycles. The fraction of sp³-hybridized carbons (Fsp3) is 0.400. The Bertz CT molecular complexity index is 468. The monoisotopic (exact) mass is 175 g/mol. The van der Waals surface area contributed by atoms with Crippen molar-refractivity contribution in [3.8, 4) is 0 Å². The number of aromatic nitrogens is 3. The standard InChI is InChI=1S/C10H13N3/c1-6-5-10-11-8(3)7(2)9(4)13(10)12-6/h5H,1-4H3. The Kier molecular flexibility index (Phi) is 1.62. The average Bonchev–Trinajstić information content (AvgIpc) is 2.42. The lowest BCUT2D eigenvalue weighted by Gasteiger charge is -2.05. The Balaban J connectivity index is 2.92. The van der Waals surface area contributed by atoms with Crippen molar-refractivity contribution in [3.05, 3.63) is 28.7 Å². The number of hydrogen-bond acceptors (Lipinski definition) is 2. The van der Waals surface area contributed by atoms with Gasteiger partial charge in [0.2, 0.25) is 0 Å². The maximum atomic E-state index is 4.46. The lowest BCUT2D eigenvalue weighted by atomic mass is 10.2. The largest absolute Gasteiger partial charge is 0.234 e. The van der Waals surface area contributed by atoms with Crippen molar-refractivity contribution in [1.82, 2.24) is 14.6 Å². The minimum absolute atomic E-state index is 0.943. The summed E-state index contributed by atoms with van der Waals surface area (Å²) in [5, 5.41) is 4.37. The van der Waals surface area contributed by atoms with E-state index in [0.717, 1.165) is 17.0 Å². The molecular weight excluding hydrogens is 162 g/mol. The summed E-state index contributed by atoms with van der Waals surface area (Å²) < 4.78 is 1.90. The molecule has 3 nitrogen and oxygen atoms in total. The van der Waals surface area contributed by atoms with Crippen molar-refractivity contribution in [2.75, 3.05) is 0 Å². The summed E-state index contributed by atoms with van der Waals surface area (Å²) in [6.07, 6.45) is 0. The second-order valence-corrected chi connectivity index (χ2v) is 3.46. The molecule has 68 valence electrons. The quantitative estimate of drug-likeness (QED) is 0.612. The van der Waals surface area contributed by atoms with Gasteiger partial charge in [-0.05, 0) is 33.3 Å². The third kappa shape index (κ3) is 1.11. The second-order valence-electron chi connectivity index (χ2n) is 3.46. The van der Waals surface area contributed by atoms with E-state index in [9.17, 15) is 0 Å². The third-order valence-corrected chi connectivity index (χ3v) is 2.50. The van der Waals surface area contributed by atoms with E-state index in [4.69, 9.17) is 0 Å². The van der Waals surface area contributed by atoms with Gasteiger partial charge in [0.25, 0.3) is 0 Å². The molecule has 0 aliphatic heterocycles. The van der Waals surface area contributed by atoms with Gasteiger partial charge < -0.3 is 0 Å². The zero-order valence-corrected chi connectivity index (χ0v) is 8.42. The number of hydrogen-bond donors (Lipinski definition) is 0. The average molecular weight is 175 g/mol. The molecule has 3 heteroatoms. The van der Waals surface area contributed by atoms with Gasteiger partial charge in [-0.2, -0.15) is 5.10 Å². The maximum absolute atomic E-state index is 4.46. The smallest absolute Gasteiger partial charge is 0.155 e. The molecule has 0 saturated carbocycles. The normalized spacial score (nSPS) is 11.1. The first kappa shape index (κ1) is 8.23. The number of nitrogens with zero attached hydrogens (tertiary/aromatic N) is 3. The molecule has 0 N–H and O–H groups in total. The van der Waals surface area contributed by atoms with Gasteiger partial charge in [0, 0.05) is 17.5 Å². The van der Waals surface area contributed by atoms with Crippen molar-refractivity contribution in [1.29, 1.82) is 0 Å². The van der Waals surface area contributed by atoms with Crippen LogP contribution in [0.4, 0.5) is 0 Å². The molecular formula is C10H13N3. The Labute approximate surface area is 77.4 Å². The minimum atomic E-state index is 0.943. The minimum Gasteiger partial charge on any atom is -0.234 e. The topological polar surface area (TPSA) is 30.2 Å². The van der Waals surface area contributed by atoms with Gasteiger partial charge in [0.15, 0.2) is 5.65 Å². The Hall–Kier alpha value is -1.38. The first-order valence-electron chi connectivity index (χ1n) is 4.40. The molecule has 0 bridgehead atoms. The van der Waals surface area contributed by atoms with Crippen LogP contribution in [0.25, 0.3) is 5.65 Å². The van der Waals surface area contributed by atoms with E-state index >= 15 is 0 Å². The van der Waals surface area contributed by atoms with E-state index in [-0.39, 0.29) is 0 Å². The summed E-state index contributed by atoms with van der Waals surface area (Å²) in [6, 6.07) is 2.00. The van der Waals surface area contributed by atoms with Crippen LogP contribution in [0.2, 0.25) is 0 Å². The molecule has 0 spiro atoms. The van der Waals surface area contributed by atoms with E-state index in [1.807, 2.05) is 24.4 Å². The molecule has 0 atom stereocenters. The fourth-order valence-electron chi connectivity index (χ4n) is 1.49. The summed E-state index contributed by atoms with van der Waals surface area (Å²) in [5.74, 6) is 0. The van der Waals surface area contributed by atoms with Crippen molar-refractivity contribution < 1.29 is 0 Å². The van der Waals surface area contributed by atoms with E-state index in [2.05, 4.69) is 23.9 Å². The van der Waals surface area contributed by atoms with Crippen LogP contribution in [-0.4, -0.2) is 14.6 Å². The van der Waals surface area contributed by atoms with Gasteiger partial charge in [0.1, 0.15) is 0 Å². The van der Waals surface area contributed by atoms with Gasteiger partial charge in [-0.15, -0.1) is 0 Å². The Morgan fingerprint density at radius 1 is 1.15 bits per heavy atom. The molecule has 0 fully saturated rings. The fourth-order valence-corrected chi connectivity index (χ4v) is 1.49. The summed E-state index contributed by atoms with van der Waals surface area (Å²) in [4.78, 5) is 4.46. The van der Waals surface area contributed by atoms with Crippen LogP contribution < -0.4 is 0 Å². The number of rotatable bonds is 0. The van der Waals surface area contributed by atoms with Crippen LogP contribution in [0.1, 0.15) is 22.6 Å². The molecule has 0 aliphatic carbocycles. The lowest BCUT2D eigenvalue weighted by Crippen LogP contribution is -2.01. The zero-order valence-electron chi connectivity index (χ0n) is 8.42. The van der Waals surface area contributed by atoms with E-state index < -0.39 is 0 Å². The first-order valence-corrected chi connectivity index (χ1v) is 4.40. The maximum Gasteiger partial charge on any atom is 0.155 e. The van der Waals surface area contributed by atoms with Gasteiger partial charge in [-0.25, -0.2) is 9.50 Å². The van der Waals surface area contributed by atoms with E-state index in [0.29, 0.717) is 0 Å². The highest BCUT2D eigenvalue weighted by molar-refractivity contribution is 5.43. The Morgan fingerprint density at radius 2 is 1.85 bits per heavy atom. The van der Waals surface area contributed by atoms with E-state index in [1.165, 1.54) is 11.3 Å². The Morgan fingerprint density at radius 3 is 2.54 bits per heavy atom. The summed E-state index contributed by atoms with van der Waals surface area (Å²) >= 11 is 0. The number of fused-ring (bicyclic) bond motifs is 1. The predicted molar refractivity (Wildman–Crippen MR) is 51.9 cm³/mol. The van der Waals surface area contributed by atoms with Crippen LogP contribution in [0.5, 0.6) is 0 Å². The highest BCUT2D eigenvalue weighted by atomic mass is 15.3. The van der Waals surface area contributed by atoms with Gasteiger partial charge in [-0.3, -0.25) is 0 Å². The second kappa shape index (κ2) is 2.55. The number of aryl methyl sites for hydroxylation is 3. The van der Waals surface area contributed by atoms with Crippen LogP contribution in [0.3, 0.4) is 0 Å². The summed E-state index contributed by atoms with van der Waals surface area (Å²) in [6.45, 7) is 8.17. The van der Waals surface area contributed by atoms with Crippen molar-refractivity contribution in [2.45, 2.75) is 27.7 Å². The van der Waals surface area contributed by atoms with Gasteiger partial charge in [0.05, 0.1) is 5.69 Å². The molecule has 0 aromatic carbocycles. The summed E-state index contributed by atoms with van der Waals surface area (Å²) in [5.41, 5.74) is 5.44. The SMILES string of the molecule is Cc1cc2nc(C)c(C)c(C)n2n1.